The van der Waals surface area contributed by atoms with Crippen molar-refractivity contribution in [3.63, 3.8) is 0 Å². The molecule has 1 aromatic heterocycles. The summed E-state index contributed by atoms with van der Waals surface area (Å²) in [6.45, 7) is 7.59. The van der Waals surface area contributed by atoms with Gasteiger partial charge in [-0.25, -0.2) is 0 Å². The smallest absolute Gasteiger partial charge is 0.230 e. The van der Waals surface area contributed by atoms with Crippen molar-refractivity contribution in [3.8, 4) is 5.69 Å². The molecule has 1 aliphatic heterocycles. The van der Waals surface area contributed by atoms with Crippen LogP contribution in [0.3, 0.4) is 0 Å². The van der Waals surface area contributed by atoms with E-state index in [1.165, 1.54) is 43.9 Å². The molecule has 3 unspecified atom stereocenters. The quantitative estimate of drug-likeness (QED) is 0.650. The van der Waals surface area contributed by atoms with Gasteiger partial charge in [0.1, 0.15) is 0 Å². The van der Waals surface area contributed by atoms with Crippen LogP contribution < -0.4 is 5.32 Å². The number of aromatic nitrogens is 3. The van der Waals surface area contributed by atoms with Crippen molar-refractivity contribution < 1.29 is 4.79 Å². The third-order valence-corrected chi connectivity index (χ3v) is 7.84. The van der Waals surface area contributed by atoms with Crippen LogP contribution in [-0.2, 0) is 11.3 Å². The first-order chi connectivity index (χ1) is 15.1. The lowest BCUT2D eigenvalue weighted by Crippen LogP contribution is -2.44. The third-order valence-electron chi connectivity index (χ3n) is 6.91. The molecular formula is C24H35N5OS. The summed E-state index contributed by atoms with van der Waals surface area (Å²) in [5.74, 6) is 2.62. The summed E-state index contributed by atoms with van der Waals surface area (Å²) in [6.07, 6.45) is 7.37. The van der Waals surface area contributed by atoms with Crippen LogP contribution in [0, 0.1) is 11.8 Å². The third kappa shape index (κ3) is 5.69. The number of carbonyl (C=O) groups excluding carboxylic acids is 1. The van der Waals surface area contributed by atoms with Crippen molar-refractivity contribution >= 4 is 17.7 Å². The number of hydrogen-bond acceptors (Lipinski definition) is 5. The topological polar surface area (TPSA) is 63.1 Å². The van der Waals surface area contributed by atoms with Gasteiger partial charge in [-0.3, -0.25) is 14.3 Å². The standard InChI is InChI=1S/C24H35N5OS/c1-18-10-9-13-21(19(18)2)25-23(30)17-31-24-27-26-22(16-28-14-7-4-8-15-28)29(24)20-11-5-3-6-12-20/h3,5-6,11-12,18-19,21H,4,7-10,13-17H2,1-2H3,(H,25,30). The fraction of sp³-hybridized carbons (Fsp3) is 0.625. The van der Waals surface area contributed by atoms with Gasteiger partial charge in [0.25, 0.3) is 0 Å². The molecule has 0 spiro atoms. The lowest BCUT2D eigenvalue weighted by molar-refractivity contribution is -0.120. The van der Waals surface area contributed by atoms with E-state index in [0.29, 0.717) is 23.6 Å². The first-order valence-corrected chi connectivity index (χ1v) is 12.7. The number of nitrogens with zero attached hydrogens (tertiary/aromatic N) is 4. The molecule has 31 heavy (non-hydrogen) atoms. The monoisotopic (exact) mass is 441 g/mol. The van der Waals surface area contributed by atoms with Gasteiger partial charge in [-0.05, 0) is 56.3 Å². The molecule has 2 fully saturated rings. The van der Waals surface area contributed by atoms with E-state index in [4.69, 9.17) is 0 Å². The van der Waals surface area contributed by atoms with Crippen molar-refractivity contribution in [3.05, 3.63) is 36.2 Å². The molecule has 3 atom stereocenters. The van der Waals surface area contributed by atoms with E-state index in [9.17, 15) is 4.79 Å². The Hall–Kier alpha value is -1.86. The van der Waals surface area contributed by atoms with Crippen LogP contribution in [0.5, 0.6) is 0 Å². The number of hydrogen-bond donors (Lipinski definition) is 1. The Morgan fingerprint density at radius 3 is 2.61 bits per heavy atom. The predicted molar refractivity (Wildman–Crippen MR) is 125 cm³/mol. The van der Waals surface area contributed by atoms with Crippen LogP contribution in [-0.4, -0.2) is 50.5 Å². The van der Waals surface area contributed by atoms with Crippen LogP contribution >= 0.6 is 11.8 Å². The SMILES string of the molecule is CC1CCCC(NC(=O)CSc2nnc(CN3CCCCC3)n2-c2ccccc2)C1C. The zero-order chi connectivity index (χ0) is 21.6. The first kappa shape index (κ1) is 22.3. The molecule has 168 valence electrons. The molecule has 0 radical (unpaired) electrons. The Labute approximate surface area is 190 Å². The number of piperidine rings is 1. The highest BCUT2D eigenvalue weighted by molar-refractivity contribution is 7.99. The zero-order valence-corrected chi connectivity index (χ0v) is 19.6. The Morgan fingerprint density at radius 1 is 1.06 bits per heavy atom. The normalized spacial score (nSPS) is 24.8. The molecule has 4 rings (SSSR count). The van der Waals surface area contributed by atoms with Gasteiger partial charge >= 0.3 is 0 Å². The maximum absolute atomic E-state index is 12.7. The summed E-state index contributed by atoms with van der Waals surface area (Å²) in [5.41, 5.74) is 1.05. The van der Waals surface area contributed by atoms with Crippen molar-refractivity contribution in [2.75, 3.05) is 18.8 Å². The van der Waals surface area contributed by atoms with Gasteiger partial charge in [-0.15, -0.1) is 10.2 Å². The molecule has 6 nitrogen and oxygen atoms in total. The second kappa shape index (κ2) is 10.6. The number of likely N-dealkylation sites (tertiary alicyclic amines) is 1. The fourth-order valence-electron chi connectivity index (χ4n) is 4.81. The van der Waals surface area contributed by atoms with E-state index in [1.54, 1.807) is 0 Å². The van der Waals surface area contributed by atoms with E-state index in [-0.39, 0.29) is 5.91 Å². The number of thioether (sulfide) groups is 1. The molecule has 1 N–H and O–H groups in total. The number of nitrogens with one attached hydrogen (secondary N) is 1. The lowest BCUT2D eigenvalue weighted by Gasteiger charge is -2.34. The molecule has 7 heteroatoms. The number of benzene rings is 1. The minimum Gasteiger partial charge on any atom is -0.352 e. The van der Waals surface area contributed by atoms with E-state index in [1.807, 2.05) is 18.2 Å². The van der Waals surface area contributed by atoms with Crippen molar-refractivity contribution in [1.82, 2.24) is 25.0 Å². The second-order valence-corrected chi connectivity index (χ2v) is 10.1. The van der Waals surface area contributed by atoms with Crippen molar-refractivity contribution in [1.29, 1.82) is 0 Å². The highest BCUT2D eigenvalue weighted by Crippen LogP contribution is 2.30. The summed E-state index contributed by atoms with van der Waals surface area (Å²) in [7, 11) is 0. The zero-order valence-electron chi connectivity index (χ0n) is 18.8. The molecule has 2 aliphatic rings. The highest BCUT2D eigenvalue weighted by Gasteiger charge is 2.28. The molecule has 0 bridgehead atoms. The van der Waals surface area contributed by atoms with Crippen molar-refractivity contribution in [2.24, 2.45) is 11.8 Å². The molecule has 2 heterocycles. The summed E-state index contributed by atoms with van der Waals surface area (Å²) in [6, 6.07) is 10.5. The molecular weight excluding hydrogens is 406 g/mol. The molecule has 1 saturated carbocycles. The van der Waals surface area contributed by atoms with Gasteiger partial charge in [-0.2, -0.15) is 0 Å². The van der Waals surface area contributed by atoms with Crippen LogP contribution in [0.25, 0.3) is 5.69 Å². The summed E-state index contributed by atoms with van der Waals surface area (Å²) in [5, 5.41) is 13.1. The Bertz CT molecular complexity index is 849. The maximum Gasteiger partial charge on any atom is 0.230 e. The van der Waals surface area contributed by atoms with Crippen LogP contribution in [0.2, 0.25) is 0 Å². The van der Waals surface area contributed by atoms with Crippen LogP contribution in [0.1, 0.15) is 58.2 Å². The molecule has 1 amide bonds. The number of amides is 1. The van der Waals surface area contributed by atoms with Crippen LogP contribution in [0.15, 0.2) is 35.5 Å². The summed E-state index contributed by atoms with van der Waals surface area (Å²) in [4.78, 5) is 15.2. The van der Waals surface area contributed by atoms with E-state index >= 15 is 0 Å². The van der Waals surface area contributed by atoms with Gasteiger partial charge in [0.15, 0.2) is 11.0 Å². The average Bonchev–Trinajstić information content (AvgIpc) is 3.19. The minimum atomic E-state index is 0.0937. The largest absolute Gasteiger partial charge is 0.352 e. The number of carbonyl (C=O) groups is 1. The van der Waals surface area contributed by atoms with Gasteiger partial charge in [-0.1, -0.05) is 63.1 Å². The van der Waals surface area contributed by atoms with Gasteiger partial charge in [0, 0.05) is 11.7 Å². The number of rotatable bonds is 7. The molecule has 2 aromatic rings. The Balaban J connectivity index is 1.44. The minimum absolute atomic E-state index is 0.0937. The van der Waals surface area contributed by atoms with Crippen molar-refractivity contribution in [2.45, 2.75) is 70.1 Å². The molecule has 1 aromatic carbocycles. The highest BCUT2D eigenvalue weighted by atomic mass is 32.2. The van der Waals surface area contributed by atoms with Gasteiger partial charge in [0.2, 0.25) is 5.91 Å². The van der Waals surface area contributed by atoms with E-state index < -0.39 is 0 Å². The van der Waals surface area contributed by atoms with Crippen LogP contribution in [0.4, 0.5) is 0 Å². The number of para-hydroxylation sites is 1. The predicted octanol–water partition coefficient (Wildman–Crippen LogP) is 4.29. The van der Waals surface area contributed by atoms with E-state index in [2.05, 4.69) is 51.0 Å². The van der Waals surface area contributed by atoms with Gasteiger partial charge < -0.3 is 5.32 Å². The summed E-state index contributed by atoms with van der Waals surface area (Å²) < 4.78 is 2.12. The lowest BCUT2D eigenvalue weighted by atomic mass is 9.78. The first-order valence-electron chi connectivity index (χ1n) is 11.8. The van der Waals surface area contributed by atoms with E-state index in [0.717, 1.165) is 42.7 Å². The molecule has 1 aliphatic carbocycles. The maximum atomic E-state index is 12.7. The fourth-order valence-corrected chi connectivity index (χ4v) is 5.60. The summed E-state index contributed by atoms with van der Waals surface area (Å²) >= 11 is 1.48. The Morgan fingerprint density at radius 2 is 1.84 bits per heavy atom. The average molecular weight is 442 g/mol. The molecule has 1 saturated heterocycles. The Kier molecular flexibility index (Phi) is 7.67. The van der Waals surface area contributed by atoms with Gasteiger partial charge in [0.05, 0.1) is 12.3 Å². The second-order valence-electron chi connectivity index (χ2n) is 9.14.